The minimum Gasteiger partial charge on any atom is -0.382 e. The van der Waals surface area contributed by atoms with E-state index in [1.54, 1.807) is 20.9 Å². The summed E-state index contributed by atoms with van der Waals surface area (Å²) < 4.78 is 8.97. The molecule has 1 aliphatic carbocycles. The molecular weight excluding hydrogens is 491 g/mol. The summed E-state index contributed by atoms with van der Waals surface area (Å²) in [7, 11) is 3.25. The predicted octanol–water partition coefficient (Wildman–Crippen LogP) is 4.03. The number of fused-ring (bicyclic) bond motifs is 1. The molecule has 0 aliphatic heterocycles. The van der Waals surface area contributed by atoms with Gasteiger partial charge in [0.2, 0.25) is 5.95 Å². The Kier molecular flexibility index (Phi) is 5.92. The van der Waals surface area contributed by atoms with Gasteiger partial charge in [0.25, 0.3) is 0 Å². The van der Waals surface area contributed by atoms with E-state index in [9.17, 15) is 0 Å². The molecule has 28 heavy (non-hydrogen) atoms. The molecule has 11 heteroatoms. The predicted molar refractivity (Wildman–Crippen MR) is 120 cm³/mol. The Morgan fingerprint density at radius 1 is 1.36 bits per heavy atom. The highest BCUT2D eigenvalue weighted by Gasteiger charge is 2.28. The van der Waals surface area contributed by atoms with Crippen molar-refractivity contribution in [3.63, 3.8) is 0 Å². The fourth-order valence-electron chi connectivity index (χ4n) is 3.12. The Labute approximate surface area is 179 Å². The van der Waals surface area contributed by atoms with Crippen molar-refractivity contribution < 1.29 is 4.74 Å². The zero-order valence-corrected chi connectivity index (χ0v) is 18.9. The van der Waals surface area contributed by atoms with Crippen LogP contribution in [0.25, 0.3) is 11.0 Å². The Morgan fingerprint density at radius 2 is 2.18 bits per heavy atom. The lowest BCUT2D eigenvalue weighted by Crippen LogP contribution is -2.18. The number of ether oxygens (including phenoxy) is 1. The average molecular weight is 514 g/mol. The molecule has 4 rings (SSSR count). The van der Waals surface area contributed by atoms with Crippen LogP contribution >= 0.6 is 30.3 Å². The van der Waals surface area contributed by atoms with Crippen molar-refractivity contribution in [2.45, 2.75) is 38.8 Å². The molecule has 3 aromatic rings. The lowest BCUT2D eigenvalue weighted by atomic mass is 10.2. The first kappa shape index (κ1) is 19.7. The highest BCUT2D eigenvalue weighted by atomic mass is 127. The number of hydrogen-bond acceptors (Lipinski definition) is 8. The molecule has 3 aromatic heterocycles. The van der Waals surface area contributed by atoms with Gasteiger partial charge in [-0.15, -0.1) is 5.10 Å². The second-order valence-corrected chi connectivity index (χ2v) is 8.84. The Hall–Kier alpha value is -1.60. The molecule has 0 saturated heterocycles. The zero-order valence-electron chi connectivity index (χ0n) is 16.0. The summed E-state index contributed by atoms with van der Waals surface area (Å²) in [5.41, 5.74) is 0.863. The number of aromatic nitrogens is 6. The number of methoxy groups -OCH3 is 1. The summed E-state index contributed by atoms with van der Waals surface area (Å²) in [6, 6.07) is 2.54. The Balaban J connectivity index is 1.62. The van der Waals surface area contributed by atoms with Gasteiger partial charge in [-0.1, -0.05) is 5.21 Å². The number of anilines is 3. The molecule has 2 atom stereocenters. The highest BCUT2D eigenvalue weighted by molar-refractivity contribution is 14.2. The van der Waals surface area contributed by atoms with Gasteiger partial charge in [-0.05, 0) is 38.7 Å². The summed E-state index contributed by atoms with van der Waals surface area (Å²) in [6.07, 6.45) is 6.40. The van der Waals surface area contributed by atoms with Crippen molar-refractivity contribution in [1.29, 1.82) is 0 Å². The second-order valence-electron chi connectivity index (χ2n) is 7.13. The van der Waals surface area contributed by atoms with Crippen molar-refractivity contribution in [2.24, 2.45) is 5.92 Å². The number of hydrogen-bond donors (Lipinski definition) is 2. The van der Waals surface area contributed by atoms with Crippen molar-refractivity contribution in [3.8, 4) is 0 Å². The van der Waals surface area contributed by atoms with Gasteiger partial charge in [-0.2, -0.15) is 9.97 Å². The lowest BCUT2D eigenvalue weighted by Gasteiger charge is -2.15. The fraction of sp³-hybridized carbons (Fsp3) is 0.529. The molecule has 1 saturated carbocycles. The van der Waals surface area contributed by atoms with Crippen LogP contribution in [0.5, 0.6) is 0 Å². The van der Waals surface area contributed by atoms with Gasteiger partial charge >= 0.3 is 0 Å². The quantitative estimate of drug-likeness (QED) is 0.414. The summed E-state index contributed by atoms with van der Waals surface area (Å²) in [6.45, 7) is 4.81. The summed E-state index contributed by atoms with van der Waals surface area (Å²) in [5, 5.41) is 16.1. The van der Waals surface area contributed by atoms with Gasteiger partial charge in [-0.25, -0.2) is 4.68 Å². The number of nitrogens with one attached hydrogen (secondary N) is 2. The maximum atomic E-state index is 5.18. The van der Waals surface area contributed by atoms with E-state index in [0.717, 1.165) is 22.8 Å². The van der Waals surface area contributed by atoms with E-state index in [4.69, 9.17) is 14.7 Å². The van der Waals surface area contributed by atoms with E-state index in [2.05, 4.69) is 55.1 Å². The third-order valence-corrected chi connectivity index (χ3v) is 6.60. The first-order valence-electron chi connectivity index (χ1n) is 9.21. The molecule has 3 heterocycles. The molecule has 0 unspecified atom stereocenters. The molecule has 1 aliphatic rings. The largest absolute Gasteiger partial charge is 0.382 e. The van der Waals surface area contributed by atoms with Gasteiger partial charge in [0.05, 0.1) is 24.2 Å². The summed E-state index contributed by atoms with van der Waals surface area (Å²) in [5.74, 6) is 2.67. The molecule has 0 radical (unpaired) electrons. The normalized spacial score (nSPS) is 16.3. The number of nitrogens with zero attached hydrogens (tertiary/aromatic N) is 6. The first-order valence-corrected chi connectivity index (χ1v) is 12.5. The number of halogens is 1. The Bertz CT molecular complexity index is 956. The van der Waals surface area contributed by atoms with Gasteiger partial charge in [0.1, 0.15) is 5.82 Å². The topological polar surface area (TPSA) is 94.7 Å². The van der Waals surface area contributed by atoms with E-state index in [1.807, 2.05) is 23.3 Å². The molecule has 0 spiro atoms. The minimum atomic E-state index is 0.0979. The zero-order chi connectivity index (χ0) is 19.7. The van der Waals surface area contributed by atoms with Gasteiger partial charge in [0, 0.05) is 49.7 Å². The second kappa shape index (κ2) is 8.41. The summed E-state index contributed by atoms with van der Waals surface area (Å²) in [4.78, 5) is 9.42. The van der Waals surface area contributed by atoms with Crippen LogP contribution < -0.4 is 10.6 Å². The SMILES string of the molecule is COC[C@H](C)n1cc(Nc2nc(N[C@@H](C)C3CC3)c3ccn(SI)c3n2)nn1. The van der Waals surface area contributed by atoms with E-state index >= 15 is 0 Å². The van der Waals surface area contributed by atoms with Gasteiger partial charge in [0.15, 0.2) is 11.5 Å². The first-order chi connectivity index (χ1) is 13.6. The minimum absolute atomic E-state index is 0.0979. The van der Waals surface area contributed by atoms with Crippen LogP contribution in [0.15, 0.2) is 18.5 Å². The van der Waals surface area contributed by atoms with Crippen LogP contribution in [-0.4, -0.2) is 48.7 Å². The third-order valence-electron chi connectivity index (χ3n) is 4.89. The van der Waals surface area contributed by atoms with Crippen molar-refractivity contribution in [2.75, 3.05) is 24.4 Å². The van der Waals surface area contributed by atoms with E-state index in [-0.39, 0.29) is 6.04 Å². The fourth-order valence-corrected chi connectivity index (χ4v) is 4.39. The molecule has 9 nitrogen and oxygen atoms in total. The van der Waals surface area contributed by atoms with Crippen LogP contribution in [0.3, 0.4) is 0 Å². The maximum absolute atomic E-state index is 5.18. The third kappa shape index (κ3) is 4.20. The van der Waals surface area contributed by atoms with Crippen LogP contribution in [0.1, 0.15) is 32.7 Å². The van der Waals surface area contributed by atoms with E-state index < -0.39 is 0 Å². The van der Waals surface area contributed by atoms with E-state index in [0.29, 0.717) is 24.4 Å². The van der Waals surface area contributed by atoms with Crippen molar-refractivity contribution in [3.05, 3.63) is 18.5 Å². The standard InChI is InChI=1S/C17H23IN8OS/c1-10(9-27-3)25-8-14(23-24-25)20-17-21-15(19-11(2)12-4-5-12)13-6-7-26(28-18)16(13)22-17/h6-8,10-12H,4-5,9H2,1-3H3,(H2,19,20,21,22)/t10-,11-/m0/s1. The molecular formula is C17H23IN8OS. The smallest absolute Gasteiger partial charge is 0.232 e. The molecule has 0 aromatic carbocycles. The maximum Gasteiger partial charge on any atom is 0.232 e. The molecule has 2 N–H and O–H groups in total. The Morgan fingerprint density at radius 3 is 2.89 bits per heavy atom. The lowest BCUT2D eigenvalue weighted by molar-refractivity contribution is 0.156. The molecule has 1 fully saturated rings. The van der Waals surface area contributed by atoms with Crippen LogP contribution in [0.4, 0.5) is 17.6 Å². The van der Waals surface area contributed by atoms with Crippen LogP contribution in [-0.2, 0) is 4.74 Å². The van der Waals surface area contributed by atoms with Crippen molar-refractivity contribution in [1.82, 2.24) is 28.9 Å². The number of rotatable bonds is 9. The molecule has 0 amide bonds. The van der Waals surface area contributed by atoms with Gasteiger partial charge < -0.3 is 15.4 Å². The van der Waals surface area contributed by atoms with Gasteiger partial charge in [-0.3, -0.25) is 3.97 Å². The van der Waals surface area contributed by atoms with Crippen molar-refractivity contribution >= 4 is 58.9 Å². The van der Waals surface area contributed by atoms with Crippen LogP contribution in [0, 0.1) is 5.92 Å². The average Bonchev–Trinajstić information content (AvgIpc) is 3.29. The monoisotopic (exact) mass is 514 g/mol. The summed E-state index contributed by atoms with van der Waals surface area (Å²) >= 11 is 2.25. The molecule has 0 bridgehead atoms. The highest BCUT2D eigenvalue weighted by Crippen LogP contribution is 2.35. The molecule has 150 valence electrons. The van der Waals surface area contributed by atoms with E-state index in [1.165, 1.54) is 12.8 Å². The van der Waals surface area contributed by atoms with Crippen LogP contribution in [0.2, 0.25) is 0 Å².